The number of methoxy groups -OCH3 is 1. The van der Waals surface area contributed by atoms with Crippen molar-refractivity contribution in [2.24, 2.45) is 0 Å². The zero-order valence-corrected chi connectivity index (χ0v) is 9.14. The standard InChI is InChI=1S/C7H8O.2H3N.H2O4S/c1-8-7-5-3-2-4-6-7;;;1-5(2,3)4/h2-6H,1H3;2*1H3;(H2,1,2,3,4). The second-order valence-electron chi connectivity index (χ2n) is 1.97. The maximum absolute atomic E-state index is 8.74. The summed E-state index contributed by atoms with van der Waals surface area (Å²) >= 11 is 0. The number of hydrogen-bond acceptors (Lipinski definition) is 5. The third kappa shape index (κ3) is 19.3. The zero-order chi connectivity index (χ0) is 10.3. The minimum absolute atomic E-state index is 0. The fourth-order valence-electron chi connectivity index (χ4n) is 0.557. The molecule has 15 heavy (non-hydrogen) atoms. The summed E-state index contributed by atoms with van der Waals surface area (Å²) in [7, 11) is -3.00. The molecule has 0 bridgehead atoms. The molecule has 90 valence electrons. The van der Waals surface area contributed by atoms with Gasteiger partial charge in [-0.25, -0.2) is 0 Å². The lowest BCUT2D eigenvalue weighted by molar-refractivity contribution is 0.381. The molecule has 0 heterocycles. The summed E-state index contributed by atoms with van der Waals surface area (Å²) in [5, 5.41) is 0. The van der Waals surface area contributed by atoms with Crippen molar-refractivity contribution in [2.75, 3.05) is 7.11 Å². The van der Waals surface area contributed by atoms with Crippen molar-refractivity contribution in [1.29, 1.82) is 0 Å². The van der Waals surface area contributed by atoms with E-state index in [1.54, 1.807) is 7.11 Å². The zero-order valence-electron chi connectivity index (χ0n) is 8.33. The topological polar surface area (TPSA) is 154 Å². The summed E-state index contributed by atoms with van der Waals surface area (Å²) < 4.78 is 36.5. The molecule has 0 amide bonds. The molecule has 0 atom stereocenters. The van der Waals surface area contributed by atoms with E-state index in [2.05, 4.69) is 0 Å². The van der Waals surface area contributed by atoms with E-state index in [1.165, 1.54) is 0 Å². The van der Waals surface area contributed by atoms with Gasteiger partial charge in [0.25, 0.3) is 0 Å². The van der Waals surface area contributed by atoms with Gasteiger partial charge in [-0.2, -0.15) is 8.42 Å². The van der Waals surface area contributed by atoms with Crippen LogP contribution in [-0.2, 0) is 10.4 Å². The largest absolute Gasteiger partial charge is 0.497 e. The molecule has 0 aliphatic rings. The Kier molecular flexibility index (Phi) is 12.1. The Morgan fingerprint density at radius 2 is 1.40 bits per heavy atom. The van der Waals surface area contributed by atoms with E-state index in [9.17, 15) is 0 Å². The summed E-state index contributed by atoms with van der Waals surface area (Å²) in [5.74, 6) is 0.910. The minimum atomic E-state index is -4.67. The Morgan fingerprint density at radius 3 is 1.60 bits per heavy atom. The summed E-state index contributed by atoms with van der Waals surface area (Å²) in [6.45, 7) is 0. The first kappa shape index (κ1) is 19.4. The maximum atomic E-state index is 8.74. The normalized spacial score (nSPS) is 8.47. The molecular weight excluding hydrogens is 224 g/mol. The molecule has 1 aromatic carbocycles. The Morgan fingerprint density at radius 1 is 1.07 bits per heavy atom. The lowest BCUT2D eigenvalue weighted by atomic mass is 10.3. The van der Waals surface area contributed by atoms with Gasteiger partial charge in [-0.15, -0.1) is 0 Å². The number of para-hydroxylation sites is 1. The Balaban J connectivity index is -0.000000185. The molecule has 1 aromatic rings. The van der Waals surface area contributed by atoms with Crippen LogP contribution in [0, 0.1) is 0 Å². The van der Waals surface area contributed by atoms with Crippen molar-refractivity contribution in [3.05, 3.63) is 30.3 Å². The van der Waals surface area contributed by atoms with Gasteiger partial charge in [0.1, 0.15) is 5.75 Å². The number of benzene rings is 1. The van der Waals surface area contributed by atoms with Crippen LogP contribution >= 0.6 is 0 Å². The first-order valence-corrected chi connectivity index (χ1v) is 4.62. The molecule has 7 nitrogen and oxygen atoms in total. The van der Waals surface area contributed by atoms with Crippen LogP contribution < -0.4 is 17.0 Å². The van der Waals surface area contributed by atoms with Crippen molar-refractivity contribution in [1.82, 2.24) is 12.3 Å². The summed E-state index contributed by atoms with van der Waals surface area (Å²) in [4.78, 5) is 0. The molecule has 0 saturated heterocycles. The summed E-state index contributed by atoms with van der Waals surface area (Å²) in [5.41, 5.74) is 0. The molecule has 0 saturated carbocycles. The minimum Gasteiger partial charge on any atom is -0.497 e. The van der Waals surface area contributed by atoms with E-state index in [1.807, 2.05) is 30.3 Å². The molecule has 0 aliphatic heterocycles. The van der Waals surface area contributed by atoms with Crippen LogP contribution in [0.1, 0.15) is 0 Å². The molecule has 0 spiro atoms. The van der Waals surface area contributed by atoms with Crippen LogP contribution in [0.15, 0.2) is 30.3 Å². The van der Waals surface area contributed by atoms with Gasteiger partial charge in [0, 0.05) is 0 Å². The molecule has 0 unspecified atom stereocenters. The van der Waals surface area contributed by atoms with Crippen LogP contribution in [0.5, 0.6) is 5.75 Å². The lowest BCUT2D eigenvalue weighted by Crippen LogP contribution is -1.89. The first-order chi connectivity index (χ1) is 5.93. The molecule has 8 N–H and O–H groups in total. The predicted octanol–water partition coefficient (Wildman–Crippen LogP) is 1.37. The van der Waals surface area contributed by atoms with Crippen LogP contribution in [0.2, 0.25) is 0 Å². The van der Waals surface area contributed by atoms with E-state index in [-0.39, 0.29) is 12.3 Å². The van der Waals surface area contributed by atoms with E-state index in [0.29, 0.717) is 0 Å². The maximum Gasteiger partial charge on any atom is 0.394 e. The van der Waals surface area contributed by atoms with Gasteiger partial charge in [-0.3, -0.25) is 9.11 Å². The van der Waals surface area contributed by atoms with Gasteiger partial charge < -0.3 is 17.0 Å². The average molecular weight is 240 g/mol. The molecule has 1 rings (SSSR count). The van der Waals surface area contributed by atoms with Gasteiger partial charge in [-0.1, -0.05) is 18.2 Å². The Bertz CT molecular complexity index is 318. The SMILES string of the molecule is COc1ccccc1.N.N.O=S(=O)(O)O. The van der Waals surface area contributed by atoms with Gasteiger partial charge in [0.05, 0.1) is 7.11 Å². The predicted molar refractivity (Wildman–Crippen MR) is 57.2 cm³/mol. The highest BCUT2D eigenvalue weighted by Crippen LogP contribution is 2.05. The van der Waals surface area contributed by atoms with Crippen LogP contribution in [0.3, 0.4) is 0 Å². The Hall–Kier alpha value is -1.19. The molecule has 0 fully saturated rings. The molecule has 0 aliphatic carbocycles. The summed E-state index contributed by atoms with van der Waals surface area (Å²) in [6.07, 6.45) is 0. The van der Waals surface area contributed by atoms with Gasteiger partial charge in [0.2, 0.25) is 0 Å². The second kappa shape index (κ2) is 9.37. The monoisotopic (exact) mass is 240 g/mol. The lowest BCUT2D eigenvalue weighted by Gasteiger charge is -1.93. The van der Waals surface area contributed by atoms with Gasteiger partial charge in [0.15, 0.2) is 0 Å². The third-order valence-electron chi connectivity index (χ3n) is 0.979. The highest BCUT2D eigenvalue weighted by molar-refractivity contribution is 7.79. The van der Waals surface area contributed by atoms with Crippen LogP contribution in [-0.4, -0.2) is 24.6 Å². The fourth-order valence-corrected chi connectivity index (χ4v) is 0.557. The van der Waals surface area contributed by atoms with Gasteiger partial charge >= 0.3 is 10.4 Å². The average Bonchev–Trinajstić information content (AvgIpc) is 2.03. The van der Waals surface area contributed by atoms with Crippen molar-refractivity contribution < 1.29 is 22.3 Å². The second-order valence-corrected chi connectivity index (χ2v) is 2.86. The van der Waals surface area contributed by atoms with Gasteiger partial charge in [-0.05, 0) is 12.1 Å². The molecular formula is C7H16N2O5S. The van der Waals surface area contributed by atoms with Crippen molar-refractivity contribution in [2.45, 2.75) is 0 Å². The van der Waals surface area contributed by atoms with E-state index >= 15 is 0 Å². The van der Waals surface area contributed by atoms with Crippen LogP contribution in [0.25, 0.3) is 0 Å². The first-order valence-electron chi connectivity index (χ1n) is 3.22. The van der Waals surface area contributed by atoms with Crippen molar-refractivity contribution in [3.8, 4) is 5.75 Å². The fraction of sp³-hybridized carbons (Fsp3) is 0.143. The number of ether oxygens (including phenoxy) is 1. The third-order valence-corrected chi connectivity index (χ3v) is 0.979. The van der Waals surface area contributed by atoms with E-state index in [4.69, 9.17) is 22.3 Å². The van der Waals surface area contributed by atoms with Crippen LogP contribution in [0.4, 0.5) is 0 Å². The van der Waals surface area contributed by atoms with E-state index < -0.39 is 10.4 Å². The molecule has 0 radical (unpaired) electrons. The van der Waals surface area contributed by atoms with Crippen molar-refractivity contribution >= 4 is 10.4 Å². The quantitative estimate of drug-likeness (QED) is 0.540. The number of hydrogen-bond donors (Lipinski definition) is 4. The number of rotatable bonds is 1. The smallest absolute Gasteiger partial charge is 0.394 e. The Labute approximate surface area is 88.8 Å². The highest BCUT2D eigenvalue weighted by Gasteiger charge is 1.84. The molecule has 0 aromatic heterocycles. The van der Waals surface area contributed by atoms with Crippen molar-refractivity contribution in [3.63, 3.8) is 0 Å². The summed E-state index contributed by atoms with van der Waals surface area (Å²) in [6, 6.07) is 9.68. The molecule has 8 heteroatoms. The van der Waals surface area contributed by atoms with E-state index in [0.717, 1.165) is 5.75 Å². The highest BCUT2D eigenvalue weighted by atomic mass is 32.3.